The lowest BCUT2D eigenvalue weighted by Gasteiger charge is -2.30. The van der Waals surface area contributed by atoms with E-state index in [0.717, 1.165) is 32.8 Å². The van der Waals surface area contributed by atoms with Crippen LogP contribution in [0.4, 0.5) is 11.4 Å². The van der Waals surface area contributed by atoms with Crippen molar-refractivity contribution >= 4 is 45.4 Å². The van der Waals surface area contributed by atoms with Gasteiger partial charge in [-0.1, -0.05) is 22.0 Å². The van der Waals surface area contributed by atoms with Crippen LogP contribution in [0.15, 0.2) is 50.9 Å². The molecule has 0 aromatic heterocycles. The van der Waals surface area contributed by atoms with Crippen molar-refractivity contribution in [1.82, 2.24) is 4.90 Å². The number of aliphatic imine (C=N–C) groups is 2. The van der Waals surface area contributed by atoms with Gasteiger partial charge in [0.05, 0.1) is 29.8 Å². The third kappa shape index (κ3) is 1.95. The highest BCUT2D eigenvalue weighted by molar-refractivity contribution is 9.10. The van der Waals surface area contributed by atoms with Crippen LogP contribution in [0.25, 0.3) is 0 Å². The molecule has 0 atom stereocenters. The fraction of sp³-hybridized carbons (Fsp3) is 0.0625. The summed E-state index contributed by atoms with van der Waals surface area (Å²) in [7, 11) is 0. The number of hydrogen-bond acceptors (Lipinski definition) is 4. The fourth-order valence-electron chi connectivity index (χ4n) is 2.64. The van der Waals surface area contributed by atoms with Crippen molar-refractivity contribution < 1.29 is 9.90 Å². The molecule has 0 spiro atoms. The molecule has 0 saturated carbocycles. The zero-order chi connectivity index (χ0) is 15.3. The van der Waals surface area contributed by atoms with Crippen molar-refractivity contribution in [3.63, 3.8) is 0 Å². The Kier molecular flexibility index (Phi) is 2.87. The van der Waals surface area contributed by atoms with Crippen molar-refractivity contribution in [3.05, 3.63) is 57.6 Å². The Labute approximate surface area is 134 Å². The van der Waals surface area contributed by atoms with E-state index >= 15 is 0 Å². The van der Waals surface area contributed by atoms with Gasteiger partial charge in [-0.3, -0.25) is 0 Å². The quantitative estimate of drug-likeness (QED) is 0.847. The molecule has 6 heteroatoms. The van der Waals surface area contributed by atoms with Gasteiger partial charge in [0.1, 0.15) is 5.84 Å². The number of carboxylic acid groups (broad SMARTS) is 1. The van der Waals surface area contributed by atoms with E-state index in [1.165, 1.54) is 0 Å². The first kappa shape index (κ1) is 13.2. The zero-order valence-corrected chi connectivity index (χ0v) is 12.9. The Morgan fingerprint density at radius 1 is 1.23 bits per heavy atom. The summed E-state index contributed by atoms with van der Waals surface area (Å²) in [5.74, 6) is -0.220. The maximum absolute atomic E-state index is 11.2. The molecule has 0 unspecified atom stereocenters. The Morgan fingerprint density at radius 3 is 2.91 bits per heavy atom. The smallest absolute Gasteiger partial charge is 0.335 e. The second kappa shape index (κ2) is 4.78. The summed E-state index contributed by atoms with van der Waals surface area (Å²) in [5, 5.41) is 9.18. The summed E-state index contributed by atoms with van der Waals surface area (Å²) in [6, 6.07) is 10.8. The molecule has 1 N–H and O–H groups in total. The van der Waals surface area contributed by atoms with Crippen LogP contribution in [0.2, 0.25) is 0 Å². The molecule has 0 fully saturated rings. The van der Waals surface area contributed by atoms with Crippen LogP contribution in [0, 0.1) is 0 Å². The number of rotatable bonds is 1. The van der Waals surface area contributed by atoms with Crippen molar-refractivity contribution in [2.24, 2.45) is 9.98 Å². The van der Waals surface area contributed by atoms with Gasteiger partial charge in [-0.2, -0.15) is 0 Å². The highest BCUT2D eigenvalue weighted by Gasteiger charge is 2.26. The summed E-state index contributed by atoms with van der Waals surface area (Å²) >= 11 is 3.54. The number of carboxylic acids is 1. The largest absolute Gasteiger partial charge is 0.478 e. The number of benzene rings is 2. The topological polar surface area (TPSA) is 65.3 Å². The molecule has 2 aromatic rings. The number of hydrogen-bond donors (Lipinski definition) is 1. The Bertz CT molecular complexity index is 874. The minimum absolute atomic E-state index is 0.235. The molecule has 2 aliphatic heterocycles. The number of carbonyl (C=O) groups is 1. The maximum atomic E-state index is 11.2. The molecule has 0 aliphatic carbocycles. The van der Waals surface area contributed by atoms with Crippen LogP contribution < -0.4 is 0 Å². The molecular weight excluding hydrogens is 346 g/mol. The first-order valence-corrected chi connectivity index (χ1v) is 7.47. The molecule has 2 aliphatic rings. The average Bonchev–Trinajstić information content (AvgIpc) is 2.53. The Balaban J connectivity index is 1.92. The molecule has 0 amide bonds. The summed E-state index contributed by atoms with van der Waals surface area (Å²) in [6.07, 6.45) is 1.74. The van der Waals surface area contributed by atoms with Crippen molar-refractivity contribution in [2.45, 2.75) is 6.54 Å². The predicted octanol–water partition coefficient (Wildman–Crippen LogP) is 3.71. The molecular formula is C16H10BrN3O2. The van der Waals surface area contributed by atoms with Gasteiger partial charge in [0.2, 0.25) is 0 Å². The van der Waals surface area contributed by atoms with E-state index in [9.17, 15) is 9.90 Å². The minimum Gasteiger partial charge on any atom is -0.478 e. The second-order valence-corrected chi connectivity index (χ2v) is 5.94. The Hall–Kier alpha value is -2.47. The van der Waals surface area contributed by atoms with E-state index in [4.69, 9.17) is 4.99 Å². The predicted molar refractivity (Wildman–Crippen MR) is 87.4 cm³/mol. The zero-order valence-electron chi connectivity index (χ0n) is 11.3. The molecule has 108 valence electrons. The lowest BCUT2D eigenvalue weighted by molar-refractivity contribution is 0.0697. The van der Waals surface area contributed by atoms with Crippen LogP contribution in [-0.4, -0.2) is 28.1 Å². The van der Waals surface area contributed by atoms with Gasteiger partial charge in [-0.05, 0) is 30.3 Å². The van der Waals surface area contributed by atoms with E-state index < -0.39 is 5.97 Å². The van der Waals surface area contributed by atoms with E-state index in [1.54, 1.807) is 24.5 Å². The van der Waals surface area contributed by atoms with E-state index in [-0.39, 0.29) is 5.56 Å². The molecule has 2 heterocycles. The Morgan fingerprint density at radius 2 is 2.09 bits per heavy atom. The minimum atomic E-state index is -0.955. The van der Waals surface area contributed by atoms with Crippen molar-refractivity contribution in [3.8, 4) is 0 Å². The molecule has 0 bridgehead atoms. The number of aromatic carboxylic acids is 1. The summed E-state index contributed by atoms with van der Waals surface area (Å²) in [6.45, 7) is 0.649. The van der Waals surface area contributed by atoms with E-state index in [1.807, 2.05) is 23.1 Å². The molecule has 5 nitrogen and oxygen atoms in total. The molecule has 22 heavy (non-hydrogen) atoms. The normalized spacial score (nSPS) is 14.8. The summed E-state index contributed by atoms with van der Waals surface area (Å²) in [4.78, 5) is 22.2. The summed E-state index contributed by atoms with van der Waals surface area (Å²) < 4.78 is 1.01. The number of halogens is 1. The average molecular weight is 356 g/mol. The maximum Gasteiger partial charge on any atom is 0.335 e. The monoisotopic (exact) mass is 355 g/mol. The molecule has 2 aromatic carbocycles. The van der Waals surface area contributed by atoms with Gasteiger partial charge < -0.3 is 10.0 Å². The lowest BCUT2D eigenvalue weighted by atomic mass is 10.0. The van der Waals surface area contributed by atoms with Crippen LogP contribution >= 0.6 is 15.9 Å². The third-order valence-corrected chi connectivity index (χ3v) is 4.48. The number of nitrogens with zero attached hydrogens (tertiary/aromatic N) is 3. The third-order valence-electron chi connectivity index (χ3n) is 3.74. The molecule has 0 saturated heterocycles. The van der Waals surface area contributed by atoms with Crippen molar-refractivity contribution in [1.29, 1.82) is 0 Å². The fourth-order valence-corrected chi connectivity index (χ4v) is 3.12. The highest BCUT2D eigenvalue weighted by Crippen LogP contribution is 2.36. The lowest BCUT2D eigenvalue weighted by Crippen LogP contribution is -2.34. The van der Waals surface area contributed by atoms with Crippen LogP contribution in [-0.2, 0) is 6.54 Å². The molecule has 4 rings (SSSR count). The standard InChI is InChI=1S/C16H10BrN3O2/c17-12-2-1-3-14-11(12)7-20-8-18-13-5-4-9(16(21)22)6-10(13)15(20)19-14/h1-6,8H,7H2,(H,21,22). The SMILES string of the molecule is O=C(O)c1ccc2c(c1)C1=Nc3cccc(Br)c3CN1C=N2. The molecule has 0 radical (unpaired) electrons. The van der Waals surface area contributed by atoms with Gasteiger partial charge in [0.15, 0.2) is 0 Å². The van der Waals surface area contributed by atoms with Gasteiger partial charge in [-0.15, -0.1) is 0 Å². The highest BCUT2D eigenvalue weighted by atomic mass is 79.9. The number of amidine groups is 1. The van der Waals surface area contributed by atoms with Gasteiger partial charge in [0.25, 0.3) is 0 Å². The van der Waals surface area contributed by atoms with Gasteiger partial charge in [0, 0.05) is 15.6 Å². The summed E-state index contributed by atoms with van der Waals surface area (Å²) in [5.41, 5.74) is 3.70. The second-order valence-electron chi connectivity index (χ2n) is 5.08. The first-order valence-electron chi connectivity index (χ1n) is 6.68. The van der Waals surface area contributed by atoms with Gasteiger partial charge >= 0.3 is 5.97 Å². The number of fused-ring (bicyclic) bond motifs is 4. The van der Waals surface area contributed by atoms with Gasteiger partial charge in [-0.25, -0.2) is 14.8 Å². The van der Waals surface area contributed by atoms with Crippen molar-refractivity contribution in [2.75, 3.05) is 0 Å². The van der Waals surface area contributed by atoms with Crippen LogP contribution in [0.3, 0.4) is 0 Å². The van der Waals surface area contributed by atoms with Crippen LogP contribution in [0.5, 0.6) is 0 Å². The first-order chi connectivity index (χ1) is 10.6. The van der Waals surface area contributed by atoms with Crippen LogP contribution in [0.1, 0.15) is 21.5 Å². The van der Waals surface area contributed by atoms with E-state index in [2.05, 4.69) is 20.9 Å². The van der Waals surface area contributed by atoms with E-state index in [0.29, 0.717) is 6.54 Å².